The van der Waals surface area contributed by atoms with Crippen LogP contribution in [0.3, 0.4) is 0 Å². The van der Waals surface area contributed by atoms with Crippen molar-refractivity contribution in [3.63, 3.8) is 0 Å². The van der Waals surface area contributed by atoms with Crippen LogP contribution < -0.4 is 49.3 Å². The molecule has 3 atom stereocenters. The van der Waals surface area contributed by atoms with Crippen LogP contribution in [0.15, 0.2) is 0 Å². The third kappa shape index (κ3) is 22.7. The quantitative estimate of drug-likeness (QED) is 0.0215. The molecular weight excluding hydrogens is 699 g/mol. The lowest BCUT2D eigenvalue weighted by Crippen LogP contribution is -2.57. The minimum Gasteiger partial charge on any atom is -0.481 e. The summed E-state index contributed by atoms with van der Waals surface area (Å²) in [4.78, 5) is 113. The first-order valence-electron chi connectivity index (χ1n) is 14.2. The second kappa shape index (κ2) is 26.2. The topological polar surface area (TPSA) is 333 Å². The molecule has 0 aromatic carbocycles. The summed E-state index contributed by atoms with van der Waals surface area (Å²) in [7, 11) is 1.82. The molecule has 13 N–H and O–H groups in total. The number of carbonyl (C=O) groups is 9. The van der Waals surface area contributed by atoms with Gasteiger partial charge < -0.3 is 48.5 Å². The molecule has 48 heavy (non-hydrogen) atoms. The third-order valence-electron chi connectivity index (χ3n) is 5.75. The molecule has 20 nitrogen and oxygen atoms in total. The summed E-state index contributed by atoms with van der Waals surface area (Å²) in [5, 5.41) is 23.4. The van der Waals surface area contributed by atoms with Crippen molar-refractivity contribution in [2.45, 2.75) is 50.2 Å². The minimum atomic E-state index is -1.41. The molecule has 0 aromatic heterocycles. The van der Waals surface area contributed by atoms with Crippen LogP contribution >= 0.6 is 33.3 Å². The third-order valence-corrected chi connectivity index (χ3v) is 8.51. The number of nitrogens with two attached hydrogens (primary N) is 3. The SMILES string of the molecule is CSCC[C@H](NC(=O)[C@H](CCC(N)=O)NC(=O)[C@H](CCC(N)=O)NC(=O)CSSCC(=O)O)C(=O)NCC(=O)NCCNC(=O)CON. The van der Waals surface area contributed by atoms with E-state index in [0.29, 0.717) is 5.75 Å². The van der Waals surface area contributed by atoms with Gasteiger partial charge in [-0.15, -0.1) is 0 Å². The number of nitrogens with one attached hydrogen (secondary N) is 6. The lowest BCUT2D eigenvalue weighted by atomic mass is 10.1. The van der Waals surface area contributed by atoms with Crippen LogP contribution in [0, 0.1) is 0 Å². The summed E-state index contributed by atoms with van der Waals surface area (Å²) in [6.07, 6.45) is 0.733. The molecule has 0 aromatic rings. The molecule has 0 saturated heterocycles. The normalized spacial score (nSPS) is 12.4. The van der Waals surface area contributed by atoms with Crippen molar-refractivity contribution in [2.24, 2.45) is 17.4 Å². The van der Waals surface area contributed by atoms with Crippen LogP contribution in [-0.2, 0) is 48.0 Å². The fraction of sp³-hybridized carbons (Fsp3) is 0.640. The summed E-state index contributed by atoms with van der Waals surface area (Å²) >= 11 is 1.37. The summed E-state index contributed by atoms with van der Waals surface area (Å²) in [6.45, 7) is -0.698. The molecule has 0 bridgehead atoms. The average molecular weight is 742 g/mol. The molecule has 0 aliphatic carbocycles. The van der Waals surface area contributed by atoms with Gasteiger partial charge in [0.25, 0.3) is 0 Å². The van der Waals surface area contributed by atoms with Crippen LogP contribution in [0.5, 0.6) is 0 Å². The zero-order valence-corrected chi connectivity index (χ0v) is 28.7. The van der Waals surface area contributed by atoms with Gasteiger partial charge in [-0.05, 0) is 31.3 Å². The highest BCUT2D eigenvalue weighted by atomic mass is 33.1. The van der Waals surface area contributed by atoms with E-state index in [1.54, 1.807) is 6.26 Å². The largest absolute Gasteiger partial charge is 0.481 e. The summed E-state index contributed by atoms with van der Waals surface area (Å²) in [6, 6.07) is -3.91. The molecule has 0 radical (unpaired) electrons. The van der Waals surface area contributed by atoms with Crippen molar-refractivity contribution in [2.75, 3.05) is 49.8 Å². The summed E-state index contributed by atoms with van der Waals surface area (Å²) in [5.74, 6) is -2.14. The van der Waals surface area contributed by atoms with E-state index in [1.807, 2.05) is 0 Å². The highest BCUT2D eigenvalue weighted by Crippen LogP contribution is 2.20. The molecule has 0 aliphatic rings. The lowest BCUT2D eigenvalue weighted by Gasteiger charge is -2.25. The van der Waals surface area contributed by atoms with E-state index in [0.717, 1.165) is 21.6 Å². The van der Waals surface area contributed by atoms with E-state index < -0.39 is 77.9 Å². The average Bonchev–Trinajstić information content (AvgIpc) is 3.01. The van der Waals surface area contributed by atoms with Crippen LogP contribution in [0.4, 0.5) is 0 Å². The number of carboxylic acids is 1. The van der Waals surface area contributed by atoms with Gasteiger partial charge in [0.05, 0.1) is 12.3 Å². The molecule has 0 aliphatic heterocycles. The van der Waals surface area contributed by atoms with Gasteiger partial charge in [-0.2, -0.15) is 11.8 Å². The highest BCUT2D eigenvalue weighted by molar-refractivity contribution is 8.77. The van der Waals surface area contributed by atoms with Gasteiger partial charge in [0.1, 0.15) is 30.5 Å². The van der Waals surface area contributed by atoms with Crippen molar-refractivity contribution >= 4 is 86.6 Å². The van der Waals surface area contributed by atoms with E-state index in [4.69, 9.17) is 22.5 Å². The Bertz CT molecular complexity index is 1130. The van der Waals surface area contributed by atoms with Gasteiger partial charge in [-0.1, -0.05) is 21.6 Å². The van der Waals surface area contributed by atoms with Crippen LogP contribution in [0.2, 0.25) is 0 Å². The monoisotopic (exact) mass is 741 g/mol. The predicted molar refractivity (Wildman–Crippen MR) is 177 cm³/mol. The first-order chi connectivity index (χ1) is 22.7. The van der Waals surface area contributed by atoms with Crippen molar-refractivity contribution < 1.29 is 53.1 Å². The lowest BCUT2D eigenvalue weighted by molar-refractivity contribution is -0.134. The van der Waals surface area contributed by atoms with Crippen LogP contribution in [-0.4, -0.2) is 126 Å². The van der Waals surface area contributed by atoms with Crippen molar-refractivity contribution in [3.05, 3.63) is 0 Å². The fourth-order valence-electron chi connectivity index (χ4n) is 3.47. The molecule has 0 unspecified atom stereocenters. The first kappa shape index (κ1) is 44.2. The van der Waals surface area contributed by atoms with E-state index in [1.165, 1.54) is 11.8 Å². The van der Waals surface area contributed by atoms with Gasteiger partial charge in [0.15, 0.2) is 0 Å². The summed E-state index contributed by atoms with van der Waals surface area (Å²) < 4.78 is 0. The van der Waals surface area contributed by atoms with Gasteiger partial charge in [-0.3, -0.25) is 48.0 Å². The van der Waals surface area contributed by atoms with E-state index in [-0.39, 0.29) is 63.3 Å². The number of carbonyl (C=O) groups excluding carboxylic acids is 8. The maximum Gasteiger partial charge on any atom is 0.314 e. The standard InChI is InChI=1S/C25H43N9O11S3/c1-46-9-6-16(23(42)31-10-19(37)29-7-8-30-20(38)11-45-28)34-25(44)15(3-5-18(27)36)33-24(43)14(2-4-17(26)35)32-21(39)12-47-48-13-22(40)41/h14-16H,2-13,28H2,1H3,(H2,26,35)(H2,27,36)(H,29,37)(H,30,38)(H,31,42)(H,32,39)(H,33,43)(H,34,44)(H,40,41)/t14-,15-,16-/m0/s1. The van der Waals surface area contributed by atoms with Crippen molar-refractivity contribution in [1.82, 2.24) is 31.9 Å². The Balaban J connectivity index is 5.50. The first-order valence-corrected chi connectivity index (χ1v) is 18.1. The molecule has 0 rings (SSSR count). The van der Waals surface area contributed by atoms with E-state index in [9.17, 15) is 43.2 Å². The Hall–Kier alpha value is -3.80. The number of amides is 8. The number of rotatable bonds is 27. The maximum absolute atomic E-state index is 13.3. The number of aliphatic carboxylic acids is 1. The van der Waals surface area contributed by atoms with Gasteiger partial charge in [-0.25, -0.2) is 5.90 Å². The second-order valence-corrected chi connectivity index (χ2v) is 13.1. The smallest absolute Gasteiger partial charge is 0.314 e. The molecule has 0 saturated carbocycles. The zero-order chi connectivity index (χ0) is 36.5. The molecule has 272 valence electrons. The number of carboxylic acid groups (broad SMARTS) is 1. The molecule has 0 spiro atoms. The Kier molecular flexibility index (Phi) is 24.1. The van der Waals surface area contributed by atoms with Crippen molar-refractivity contribution in [1.29, 1.82) is 0 Å². The van der Waals surface area contributed by atoms with Crippen LogP contribution in [0.1, 0.15) is 32.1 Å². The Morgan fingerprint density at radius 3 is 1.67 bits per heavy atom. The molecule has 8 amide bonds. The summed E-state index contributed by atoms with van der Waals surface area (Å²) in [5.41, 5.74) is 10.4. The molecule has 23 heteroatoms. The van der Waals surface area contributed by atoms with Crippen LogP contribution in [0.25, 0.3) is 0 Å². The number of hydrogen-bond acceptors (Lipinski definition) is 14. The highest BCUT2D eigenvalue weighted by Gasteiger charge is 2.30. The van der Waals surface area contributed by atoms with Gasteiger partial charge >= 0.3 is 5.97 Å². The van der Waals surface area contributed by atoms with E-state index >= 15 is 0 Å². The Morgan fingerprint density at radius 1 is 0.667 bits per heavy atom. The Morgan fingerprint density at radius 2 is 1.17 bits per heavy atom. The second-order valence-electron chi connectivity index (χ2n) is 9.68. The zero-order valence-electron chi connectivity index (χ0n) is 26.2. The van der Waals surface area contributed by atoms with Gasteiger partial charge in [0, 0.05) is 25.9 Å². The Labute approximate surface area is 288 Å². The van der Waals surface area contributed by atoms with E-state index in [2.05, 4.69) is 36.7 Å². The number of hydrogen-bond donors (Lipinski definition) is 10. The number of thioether (sulfide) groups is 1. The maximum atomic E-state index is 13.3. The van der Waals surface area contributed by atoms with Gasteiger partial charge in [0.2, 0.25) is 47.3 Å². The molecule has 0 heterocycles. The molecular formula is C25H43N9O11S3. The minimum absolute atomic E-state index is 0.0440. The fourth-order valence-corrected chi connectivity index (χ4v) is 5.52. The number of primary amides is 2. The predicted octanol–water partition coefficient (Wildman–Crippen LogP) is -4.57. The van der Waals surface area contributed by atoms with Crippen molar-refractivity contribution in [3.8, 4) is 0 Å². The molecule has 0 fully saturated rings.